The van der Waals surface area contributed by atoms with Gasteiger partial charge in [0.2, 0.25) is 0 Å². The molecule has 2 fully saturated rings. The van der Waals surface area contributed by atoms with Crippen LogP contribution >= 0.6 is 0 Å². The van der Waals surface area contributed by atoms with Gasteiger partial charge in [0.1, 0.15) is 0 Å². The third-order valence-corrected chi connectivity index (χ3v) is 13.3. The number of hydrogen-bond donors (Lipinski definition) is 2. The SMILES string of the molecule is CCN(c1cccc2c1C/C=C/COCC1=C(CNC2=O)C(=O)CC(C)=C1)C1CCOCC1.CCN(c1cccc2c1C/C=C\COCC1=C(CNC2=O)C(=O)CC(C)=C1)C1CCOCC1. The van der Waals surface area contributed by atoms with Gasteiger partial charge in [-0.1, -0.05) is 59.7 Å². The van der Waals surface area contributed by atoms with Gasteiger partial charge in [0, 0.05) is 111 Å². The maximum atomic E-state index is 13.3. The van der Waals surface area contributed by atoms with Crippen LogP contribution in [0, 0.1) is 0 Å². The van der Waals surface area contributed by atoms with Crippen LogP contribution in [0.1, 0.15) is 98.1 Å². The van der Waals surface area contributed by atoms with Crippen molar-refractivity contribution in [3.8, 4) is 0 Å². The van der Waals surface area contributed by atoms with E-state index in [4.69, 9.17) is 18.9 Å². The topological polar surface area (TPSA) is 136 Å². The van der Waals surface area contributed by atoms with Crippen molar-refractivity contribution in [3.05, 3.63) is 129 Å². The number of nitrogens with one attached hydrogen (secondary N) is 2. The fourth-order valence-electron chi connectivity index (χ4n) is 9.96. The maximum absolute atomic E-state index is 13.3. The summed E-state index contributed by atoms with van der Waals surface area (Å²) in [7, 11) is 0. The molecule has 0 radical (unpaired) electrons. The highest BCUT2D eigenvalue weighted by molar-refractivity contribution is 6.03. The highest BCUT2D eigenvalue weighted by Crippen LogP contribution is 2.32. The third kappa shape index (κ3) is 12.1. The number of ether oxygens (including phenoxy) is 4. The molecule has 6 aliphatic rings. The van der Waals surface area contributed by atoms with Gasteiger partial charge in [-0.15, -0.1) is 0 Å². The Morgan fingerprint density at radius 1 is 0.561 bits per heavy atom. The Kier molecular flexibility index (Phi) is 17.6. The first-order valence-electron chi connectivity index (χ1n) is 24.0. The lowest BCUT2D eigenvalue weighted by Gasteiger charge is -2.37. The number of anilines is 2. The number of allylic oxidation sites excluding steroid dienone is 4. The predicted molar refractivity (Wildman–Crippen MR) is 259 cm³/mol. The molecule has 12 heteroatoms. The number of rotatable bonds is 6. The van der Waals surface area contributed by atoms with Crippen LogP contribution in [0.3, 0.4) is 0 Å². The van der Waals surface area contributed by atoms with Crippen molar-refractivity contribution in [1.82, 2.24) is 10.6 Å². The normalized spacial score (nSPS) is 21.6. The first-order chi connectivity index (χ1) is 32.2. The molecular formula is C54H68N4O8. The summed E-state index contributed by atoms with van der Waals surface area (Å²) in [5.74, 6) is -0.168. The van der Waals surface area contributed by atoms with Crippen molar-refractivity contribution in [3.63, 3.8) is 0 Å². The standard InChI is InChI=1S/2C27H34N2O4/c2*1-3-29(21-10-13-32-14-11-21)25-9-6-8-23-22(25)7-4-5-12-33-18-20-15-19(2)16-26(30)24(20)17-28-27(23)31/h2*4-6,8-9,15,21H,3,7,10-14,16-18H2,1-2H3,(H,28,31)/b5-4+;5-4-. The number of Topliss-reactive ketones (excluding diaryl/α,β-unsaturated/α-hetero) is 2. The summed E-state index contributed by atoms with van der Waals surface area (Å²) in [6.07, 6.45) is 18.2. The smallest absolute Gasteiger partial charge is 0.251 e. The monoisotopic (exact) mass is 901 g/mol. The summed E-state index contributed by atoms with van der Waals surface area (Å²) < 4.78 is 22.8. The molecule has 8 rings (SSSR count). The van der Waals surface area contributed by atoms with Gasteiger partial charge in [-0.25, -0.2) is 0 Å². The molecule has 4 heterocycles. The Balaban J connectivity index is 0.000000196. The van der Waals surface area contributed by atoms with Crippen LogP contribution in [0.25, 0.3) is 0 Å². The molecule has 2 aliphatic carbocycles. The van der Waals surface area contributed by atoms with Crippen molar-refractivity contribution in [2.75, 3.05) is 88.8 Å². The summed E-state index contributed by atoms with van der Waals surface area (Å²) in [6, 6.07) is 12.7. The second kappa shape index (κ2) is 23.9. The van der Waals surface area contributed by atoms with Gasteiger partial charge in [-0.2, -0.15) is 0 Å². The predicted octanol–water partition coefficient (Wildman–Crippen LogP) is 7.53. The molecule has 2 N–H and O–H groups in total. The van der Waals surface area contributed by atoms with Crippen LogP contribution in [-0.2, 0) is 41.4 Å². The van der Waals surface area contributed by atoms with Crippen molar-refractivity contribution in [2.24, 2.45) is 0 Å². The minimum Gasteiger partial charge on any atom is -0.381 e. The lowest BCUT2D eigenvalue weighted by molar-refractivity contribution is -0.116. The van der Waals surface area contributed by atoms with E-state index in [1.54, 1.807) is 0 Å². The summed E-state index contributed by atoms with van der Waals surface area (Å²) in [5, 5.41) is 6.04. The molecule has 352 valence electrons. The maximum Gasteiger partial charge on any atom is 0.251 e. The summed E-state index contributed by atoms with van der Waals surface area (Å²) in [5.41, 5.74) is 10.6. The zero-order chi connectivity index (χ0) is 46.4. The zero-order valence-corrected chi connectivity index (χ0v) is 39.4. The van der Waals surface area contributed by atoms with E-state index in [1.165, 1.54) is 0 Å². The van der Waals surface area contributed by atoms with Crippen LogP contribution in [-0.4, -0.2) is 114 Å². The Morgan fingerprint density at radius 2 is 0.970 bits per heavy atom. The molecule has 0 unspecified atom stereocenters. The number of fused-ring (bicyclic) bond motifs is 2. The average molecular weight is 901 g/mol. The van der Waals surface area contributed by atoms with Crippen molar-refractivity contribution >= 4 is 34.8 Å². The molecule has 66 heavy (non-hydrogen) atoms. The van der Waals surface area contributed by atoms with Gasteiger partial charge in [-0.05, 0) is 113 Å². The Hall–Kier alpha value is -5.40. The Bertz CT molecular complexity index is 2130. The number of ketones is 2. The summed E-state index contributed by atoms with van der Waals surface area (Å²) >= 11 is 0. The second-order valence-corrected chi connectivity index (χ2v) is 17.8. The third-order valence-electron chi connectivity index (χ3n) is 13.3. The number of carbonyl (C=O) groups excluding carboxylic acids is 4. The molecule has 4 aliphatic heterocycles. The van der Waals surface area contributed by atoms with E-state index in [-0.39, 0.29) is 36.5 Å². The van der Waals surface area contributed by atoms with E-state index in [9.17, 15) is 19.2 Å². The fraction of sp³-hybridized carbons (Fsp3) is 0.481. The van der Waals surface area contributed by atoms with Crippen molar-refractivity contribution in [2.45, 2.75) is 91.1 Å². The van der Waals surface area contributed by atoms with Crippen LogP contribution in [0.4, 0.5) is 11.4 Å². The number of carbonyl (C=O) groups is 4. The average Bonchev–Trinajstić information content (AvgIpc) is 3.34. The van der Waals surface area contributed by atoms with Crippen molar-refractivity contribution in [1.29, 1.82) is 0 Å². The highest BCUT2D eigenvalue weighted by atomic mass is 16.5. The fourth-order valence-corrected chi connectivity index (χ4v) is 9.96. The second-order valence-electron chi connectivity index (χ2n) is 17.8. The molecule has 0 saturated carbocycles. The lowest BCUT2D eigenvalue weighted by Crippen LogP contribution is -2.40. The molecule has 2 saturated heterocycles. The molecular weight excluding hydrogens is 833 g/mol. The minimum atomic E-state index is -0.144. The van der Waals surface area contributed by atoms with E-state index >= 15 is 0 Å². The van der Waals surface area contributed by atoms with Crippen LogP contribution in [0.15, 0.2) is 106 Å². The number of hydrogen-bond acceptors (Lipinski definition) is 10. The molecule has 0 atom stereocenters. The van der Waals surface area contributed by atoms with E-state index in [0.717, 1.165) is 110 Å². The van der Waals surface area contributed by atoms with Crippen molar-refractivity contribution < 1.29 is 38.1 Å². The molecule has 2 aromatic rings. The molecule has 0 bridgehead atoms. The van der Waals surface area contributed by atoms with E-state index in [0.29, 0.717) is 86.5 Å². The van der Waals surface area contributed by atoms with Gasteiger partial charge in [-0.3, -0.25) is 19.2 Å². The molecule has 12 nitrogen and oxygen atoms in total. The largest absolute Gasteiger partial charge is 0.381 e. The number of nitrogens with zero attached hydrogens (tertiary/aromatic N) is 2. The highest BCUT2D eigenvalue weighted by Gasteiger charge is 2.28. The van der Waals surface area contributed by atoms with Gasteiger partial charge < -0.3 is 39.4 Å². The number of amides is 2. The van der Waals surface area contributed by atoms with E-state index < -0.39 is 0 Å². The van der Waals surface area contributed by atoms with Gasteiger partial charge >= 0.3 is 0 Å². The van der Waals surface area contributed by atoms with E-state index in [2.05, 4.69) is 58.6 Å². The molecule has 0 aromatic heterocycles. The van der Waals surface area contributed by atoms with Gasteiger partial charge in [0.05, 0.1) is 26.4 Å². The van der Waals surface area contributed by atoms with E-state index in [1.807, 2.05) is 62.4 Å². The number of benzene rings is 2. The Morgan fingerprint density at radius 3 is 1.36 bits per heavy atom. The van der Waals surface area contributed by atoms with Crippen LogP contribution in [0.2, 0.25) is 0 Å². The Labute approximate surface area is 390 Å². The molecule has 0 spiro atoms. The lowest BCUT2D eigenvalue weighted by atomic mass is 9.92. The van der Waals surface area contributed by atoms with Crippen LogP contribution < -0.4 is 20.4 Å². The zero-order valence-electron chi connectivity index (χ0n) is 39.4. The van der Waals surface area contributed by atoms with Gasteiger partial charge in [0.25, 0.3) is 11.8 Å². The first kappa shape index (κ1) is 48.5. The quantitative estimate of drug-likeness (QED) is 0.280. The molecule has 2 amide bonds. The van der Waals surface area contributed by atoms with Gasteiger partial charge in [0.15, 0.2) is 11.6 Å². The minimum absolute atomic E-state index is 0.0602. The molecule has 2 aromatic carbocycles. The van der Waals surface area contributed by atoms with Crippen LogP contribution in [0.5, 0.6) is 0 Å². The first-order valence-corrected chi connectivity index (χ1v) is 24.0. The summed E-state index contributed by atoms with van der Waals surface area (Å²) in [6.45, 7) is 15.2. The summed E-state index contributed by atoms with van der Waals surface area (Å²) in [4.78, 5) is 56.9.